The van der Waals surface area contributed by atoms with Crippen LogP contribution in [-0.4, -0.2) is 38.2 Å². The van der Waals surface area contributed by atoms with Gasteiger partial charge in [-0.05, 0) is 24.6 Å². The Morgan fingerprint density at radius 2 is 1.95 bits per heavy atom. The van der Waals surface area contributed by atoms with E-state index in [1.165, 1.54) is 6.07 Å². The van der Waals surface area contributed by atoms with Crippen molar-refractivity contribution in [1.82, 2.24) is 10.2 Å². The lowest BCUT2D eigenvalue weighted by molar-refractivity contribution is 0.166. The molecule has 0 aromatic heterocycles. The topological polar surface area (TPSA) is 24.5 Å². The SMILES string of the molecule is CC[C@@H](c1cc(F)ccc1OC)N1CCNCC1.Cl.Cl. The Labute approximate surface area is 132 Å². The molecule has 0 amide bonds. The molecule has 20 heavy (non-hydrogen) atoms. The molecule has 0 spiro atoms. The number of hydrogen-bond acceptors (Lipinski definition) is 3. The Balaban J connectivity index is 0.00000180. The highest BCUT2D eigenvalue weighted by atomic mass is 35.5. The van der Waals surface area contributed by atoms with Crippen LogP contribution in [0, 0.1) is 5.82 Å². The second kappa shape index (κ2) is 9.40. The predicted octanol–water partition coefficient (Wildman–Crippen LogP) is 3.03. The van der Waals surface area contributed by atoms with Gasteiger partial charge in [-0.15, -0.1) is 24.8 Å². The molecule has 0 bridgehead atoms. The molecule has 0 saturated carbocycles. The number of piperazine rings is 1. The maximum atomic E-state index is 13.5. The summed E-state index contributed by atoms with van der Waals surface area (Å²) in [6, 6.07) is 5.01. The zero-order chi connectivity index (χ0) is 13.0. The lowest BCUT2D eigenvalue weighted by Gasteiger charge is -2.35. The lowest BCUT2D eigenvalue weighted by Crippen LogP contribution is -2.45. The van der Waals surface area contributed by atoms with Crippen LogP contribution in [0.3, 0.4) is 0 Å². The van der Waals surface area contributed by atoms with Gasteiger partial charge in [-0.2, -0.15) is 0 Å². The highest BCUT2D eigenvalue weighted by Gasteiger charge is 2.23. The van der Waals surface area contributed by atoms with E-state index in [4.69, 9.17) is 4.74 Å². The first-order valence-corrected chi connectivity index (χ1v) is 6.54. The van der Waals surface area contributed by atoms with Crippen molar-refractivity contribution < 1.29 is 9.13 Å². The number of nitrogens with zero attached hydrogens (tertiary/aromatic N) is 1. The van der Waals surface area contributed by atoms with E-state index in [0.717, 1.165) is 43.9 Å². The van der Waals surface area contributed by atoms with Crippen LogP contribution >= 0.6 is 24.8 Å². The first-order valence-electron chi connectivity index (χ1n) is 6.54. The van der Waals surface area contributed by atoms with E-state index in [0.29, 0.717) is 0 Å². The molecule has 116 valence electrons. The summed E-state index contributed by atoms with van der Waals surface area (Å²) in [5.41, 5.74) is 0.960. The van der Waals surface area contributed by atoms with Gasteiger partial charge in [0.2, 0.25) is 0 Å². The van der Waals surface area contributed by atoms with Gasteiger partial charge >= 0.3 is 0 Å². The van der Waals surface area contributed by atoms with Gasteiger partial charge in [-0.3, -0.25) is 4.90 Å². The Hall–Kier alpha value is -0.550. The van der Waals surface area contributed by atoms with Crippen molar-refractivity contribution >= 4 is 24.8 Å². The monoisotopic (exact) mass is 324 g/mol. The summed E-state index contributed by atoms with van der Waals surface area (Å²) in [5, 5.41) is 3.34. The Morgan fingerprint density at radius 3 is 2.50 bits per heavy atom. The van der Waals surface area contributed by atoms with Crippen molar-refractivity contribution in [2.75, 3.05) is 33.3 Å². The maximum absolute atomic E-state index is 13.5. The Morgan fingerprint density at radius 1 is 1.30 bits per heavy atom. The summed E-state index contributed by atoms with van der Waals surface area (Å²) in [6.07, 6.45) is 0.958. The molecule has 2 rings (SSSR count). The summed E-state index contributed by atoms with van der Waals surface area (Å²) in [5.74, 6) is 0.584. The minimum Gasteiger partial charge on any atom is -0.496 e. The molecule has 1 aliphatic heterocycles. The van der Waals surface area contributed by atoms with Gasteiger partial charge in [0.1, 0.15) is 11.6 Å². The van der Waals surface area contributed by atoms with Crippen molar-refractivity contribution in [3.05, 3.63) is 29.6 Å². The zero-order valence-electron chi connectivity index (χ0n) is 11.9. The van der Waals surface area contributed by atoms with Gasteiger partial charge in [-0.25, -0.2) is 4.39 Å². The summed E-state index contributed by atoms with van der Waals surface area (Å²) >= 11 is 0. The Bertz CT molecular complexity index is 401. The molecule has 1 saturated heterocycles. The van der Waals surface area contributed by atoms with E-state index in [-0.39, 0.29) is 36.7 Å². The third-order valence-electron chi connectivity index (χ3n) is 3.53. The molecule has 1 fully saturated rings. The van der Waals surface area contributed by atoms with Gasteiger partial charge < -0.3 is 10.1 Å². The van der Waals surface area contributed by atoms with Gasteiger partial charge in [0, 0.05) is 37.8 Å². The molecule has 1 aliphatic rings. The number of hydrogen-bond donors (Lipinski definition) is 1. The van der Waals surface area contributed by atoms with Crippen LogP contribution in [0.4, 0.5) is 4.39 Å². The highest BCUT2D eigenvalue weighted by Crippen LogP contribution is 2.32. The van der Waals surface area contributed by atoms with Gasteiger partial charge in [0.25, 0.3) is 0 Å². The highest BCUT2D eigenvalue weighted by molar-refractivity contribution is 5.85. The molecule has 0 aliphatic carbocycles. The molecule has 1 atom stereocenters. The minimum atomic E-state index is -0.195. The van der Waals surface area contributed by atoms with E-state index < -0.39 is 0 Å². The molecular weight excluding hydrogens is 302 g/mol. The predicted molar refractivity (Wildman–Crippen MR) is 84.9 cm³/mol. The third kappa shape index (κ3) is 4.48. The summed E-state index contributed by atoms with van der Waals surface area (Å²) < 4.78 is 18.8. The van der Waals surface area contributed by atoms with Crippen molar-refractivity contribution in [3.63, 3.8) is 0 Å². The smallest absolute Gasteiger partial charge is 0.123 e. The van der Waals surface area contributed by atoms with Crippen LogP contribution in [0.1, 0.15) is 24.9 Å². The summed E-state index contributed by atoms with van der Waals surface area (Å²) in [6.45, 7) is 6.12. The normalized spacial score (nSPS) is 16.8. The molecule has 0 unspecified atom stereocenters. The fourth-order valence-corrected chi connectivity index (χ4v) is 2.63. The average molecular weight is 325 g/mol. The quantitative estimate of drug-likeness (QED) is 0.921. The van der Waals surface area contributed by atoms with Gasteiger partial charge in [0.05, 0.1) is 7.11 Å². The largest absolute Gasteiger partial charge is 0.496 e. The van der Waals surface area contributed by atoms with Crippen LogP contribution in [0.25, 0.3) is 0 Å². The lowest BCUT2D eigenvalue weighted by atomic mass is 10.0. The number of benzene rings is 1. The van der Waals surface area contributed by atoms with Crippen LogP contribution in [0.15, 0.2) is 18.2 Å². The van der Waals surface area contributed by atoms with Gasteiger partial charge in [0.15, 0.2) is 0 Å². The fourth-order valence-electron chi connectivity index (χ4n) is 2.63. The number of nitrogens with one attached hydrogen (secondary N) is 1. The van der Waals surface area contributed by atoms with Gasteiger partial charge in [-0.1, -0.05) is 6.92 Å². The third-order valence-corrected chi connectivity index (χ3v) is 3.53. The molecule has 6 heteroatoms. The van der Waals surface area contributed by atoms with E-state index >= 15 is 0 Å². The number of rotatable bonds is 4. The molecule has 1 aromatic carbocycles. The minimum absolute atomic E-state index is 0. The average Bonchev–Trinajstić information content (AvgIpc) is 2.41. The van der Waals surface area contributed by atoms with E-state index in [2.05, 4.69) is 17.1 Å². The van der Waals surface area contributed by atoms with Crippen molar-refractivity contribution in [3.8, 4) is 5.75 Å². The summed E-state index contributed by atoms with van der Waals surface area (Å²) in [7, 11) is 1.64. The van der Waals surface area contributed by atoms with E-state index in [9.17, 15) is 4.39 Å². The molecule has 0 radical (unpaired) electrons. The second-order valence-electron chi connectivity index (χ2n) is 4.60. The molecule has 1 N–H and O–H groups in total. The number of methoxy groups -OCH3 is 1. The van der Waals surface area contributed by atoms with Crippen molar-refractivity contribution in [1.29, 1.82) is 0 Å². The standard InChI is InChI=1S/C14H21FN2O.2ClH/c1-3-13(17-8-6-16-7-9-17)12-10-11(15)4-5-14(12)18-2;;/h4-5,10,13,16H,3,6-9H2,1-2H3;2*1H/t13-;;/m0../s1. The van der Waals surface area contributed by atoms with Crippen molar-refractivity contribution in [2.45, 2.75) is 19.4 Å². The molecule has 3 nitrogen and oxygen atoms in total. The summed E-state index contributed by atoms with van der Waals surface area (Å²) in [4.78, 5) is 2.40. The van der Waals surface area contributed by atoms with Crippen LogP contribution in [-0.2, 0) is 0 Å². The maximum Gasteiger partial charge on any atom is 0.123 e. The van der Waals surface area contributed by atoms with Crippen LogP contribution in [0.2, 0.25) is 0 Å². The molecule has 1 aromatic rings. The number of ether oxygens (including phenoxy) is 1. The fraction of sp³-hybridized carbons (Fsp3) is 0.571. The number of halogens is 3. The van der Waals surface area contributed by atoms with E-state index in [1.54, 1.807) is 19.2 Å². The van der Waals surface area contributed by atoms with E-state index in [1.807, 2.05) is 0 Å². The van der Waals surface area contributed by atoms with Crippen LogP contribution < -0.4 is 10.1 Å². The van der Waals surface area contributed by atoms with Crippen LogP contribution in [0.5, 0.6) is 5.75 Å². The van der Waals surface area contributed by atoms with Crippen molar-refractivity contribution in [2.24, 2.45) is 0 Å². The molecular formula is C14H23Cl2FN2O. The first kappa shape index (κ1) is 19.4. The second-order valence-corrected chi connectivity index (χ2v) is 4.60. The first-order chi connectivity index (χ1) is 8.76. The zero-order valence-corrected chi connectivity index (χ0v) is 13.5. The molecule has 1 heterocycles. The Kier molecular flexibility index (Phi) is 9.14.